The summed E-state index contributed by atoms with van der Waals surface area (Å²) < 4.78 is 11.4. The number of anilines is 1. The van der Waals surface area contributed by atoms with Gasteiger partial charge in [0.25, 0.3) is 5.91 Å². The highest BCUT2D eigenvalue weighted by molar-refractivity contribution is 6.23. The summed E-state index contributed by atoms with van der Waals surface area (Å²) in [5.41, 5.74) is 17.7. The van der Waals surface area contributed by atoms with Crippen molar-refractivity contribution in [2.75, 3.05) is 25.1 Å². The number of carbonyl (C=O) groups is 9. The molecule has 0 radical (unpaired) electrons. The number of hydrazine groups is 1. The van der Waals surface area contributed by atoms with Crippen LogP contribution >= 0.6 is 0 Å². The van der Waals surface area contributed by atoms with Crippen molar-refractivity contribution in [2.24, 2.45) is 23.0 Å². The Kier molecular flexibility index (Phi) is 23.6. The van der Waals surface area contributed by atoms with Crippen molar-refractivity contribution in [3.05, 3.63) is 155 Å². The molecule has 13 N–H and O–H groups in total. The number of aliphatic hydroxyl groups is 1. The zero-order valence-electron chi connectivity index (χ0n) is 52.7. The highest BCUT2D eigenvalue weighted by Crippen LogP contribution is 2.44. The highest BCUT2D eigenvalue weighted by atomic mass is 16.5. The molecule has 2 heterocycles. The number of rotatable bonds is 29. The number of Topliss-reactive ketones (excluding diaryl/α,β-unsaturated/α-hetero) is 2. The third-order valence-corrected chi connectivity index (χ3v) is 16.0. The third kappa shape index (κ3) is 18.5. The predicted octanol–water partition coefficient (Wildman–Crippen LogP) is 6.32. The van der Waals surface area contributed by atoms with Crippen molar-refractivity contribution < 1.29 is 57.7 Å². The van der Waals surface area contributed by atoms with Crippen LogP contribution in [0.3, 0.4) is 0 Å². The van der Waals surface area contributed by atoms with Gasteiger partial charge >= 0.3 is 18.1 Å². The number of ketones is 2. The summed E-state index contributed by atoms with van der Waals surface area (Å²) in [4.78, 5) is 134. The molecule has 0 spiro atoms. The van der Waals surface area contributed by atoms with Crippen LogP contribution < -0.4 is 48.5 Å². The molecule has 24 heteroatoms. The number of carbonyl (C=O) groups excluding carboxylic acids is 9. The summed E-state index contributed by atoms with van der Waals surface area (Å²) in [6.45, 7) is 10.7. The summed E-state index contributed by atoms with van der Waals surface area (Å²) in [5, 5.41) is 27.7. The van der Waals surface area contributed by atoms with E-state index in [9.17, 15) is 48.3 Å². The molecule has 4 aromatic carbocycles. The number of nitrogens with zero attached hydrogens (tertiary/aromatic N) is 1. The number of ether oxygens (including phenoxy) is 2. The van der Waals surface area contributed by atoms with Gasteiger partial charge < -0.3 is 62.2 Å². The van der Waals surface area contributed by atoms with Crippen molar-refractivity contribution in [3.8, 4) is 11.1 Å². The molecule has 488 valence electrons. The molecule has 1 saturated carbocycles. The maximum atomic E-state index is 14.6. The van der Waals surface area contributed by atoms with E-state index in [1.807, 2.05) is 108 Å². The van der Waals surface area contributed by atoms with Crippen LogP contribution in [0.5, 0.6) is 0 Å². The maximum Gasteiger partial charge on any atom is 0.407 e. The number of fused-ring (bicyclic) bond motifs is 4. The second-order valence-electron chi connectivity index (χ2n) is 25.0. The molecule has 2 aliphatic rings. The SMILES string of the molecule is CC(C)CC(Nc1ccc(COC(=O)[C@H](CCCCN)NC(=O)[C@@H](CO)NC(=O)[C@H](Cc2c[nH]cn2)NC(=O)[C@@H](Cc2c[nH]c3ccccc23)NC(=O)NNC(=O)[C@@H](CC(C)C)NC(=O)OCC2c3ccccc3-c3ccccc32)cc1)=C1C(=O)CC(C)(C)CC1=O. The van der Waals surface area contributed by atoms with E-state index in [4.69, 9.17) is 15.2 Å². The molecule has 0 saturated heterocycles. The molecular formula is C68H84N12O12. The first-order valence-electron chi connectivity index (χ1n) is 31.1. The average molecular weight is 1260 g/mol. The molecule has 2 aromatic heterocycles. The molecule has 1 fully saturated rings. The number of para-hydroxylation sites is 1. The van der Waals surface area contributed by atoms with Gasteiger partial charge in [0, 0.05) is 66.3 Å². The number of esters is 1. The summed E-state index contributed by atoms with van der Waals surface area (Å²) in [6.07, 6.45) is 5.46. The number of aliphatic hydroxyl groups excluding tert-OH is 1. The number of unbranched alkanes of at least 4 members (excludes halogenated alkanes) is 1. The van der Waals surface area contributed by atoms with Gasteiger partial charge in [-0.1, -0.05) is 120 Å². The average Bonchev–Trinajstić information content (AvgIpc) is 1.58. The number of nitrogens with two attached hydrogens (primary N) is 1. The molecule has 24 nitrogen and oxygen atoms in total. The van der Waals surface area contributed by atoms with Crippen LogP contribution in [-0.4, -0.2) is 123 Å². The fraction of sp³-hybridized carbons (Fsp3) is 0.412. The number of urea groups is 1. The Hall–Kier alpha value is -9.68. The number of alkyl carbamates (subject to hydrolysis) is 1. The van der Waals surface area contributed by atoms with Gasteiger partial charge in [-0.2, -0.15) is 0 Å². The van der Waals surface area contributed by atoms with Crippen molar-refractivity contribution in [2.45, 2.75) is 142 Å². The topological polar surface area (TPSA) is 359 Å². The Labute approximate surface area is 534 Å². The quantitative estimate of drug-likeness (QED) is 0.00804. The van der Waals surface area contributed by atoms with Gasteiger partial charge in [0.15, 0.2) is 11.6 Å². The number of amides is 7. The lowest BCUT2D eigenvalue weighted by Gasteiger charge is -2.30. The van der Waals surface area contributed by atoms with Crippen LogP contribution in [0.25, 0.3) is 22.0 Å². The largest absolute Gasteiger partial charge is 0.459 e. The Balaban J connectivity index is 0.906. The second kappa shape index (κ2) is 31.9. The number of allylic oxidation sites excluding steroid dienone is 2. The van der Waals surface area contributed by atoms with Crippen LogP contribution in [0.15, 0.2) is 127 Å². The van der Waals surface area contributed by atoms with Crippen LogP contribution in [0, 0.1) is 17.3 Å². The molecule has 5 atom stereocenters. The molecule has 0 bridgehead atoms. The van der Waals surface area contributed by atoms with Gasteiger partial charge in [-0.3, -0.25) is 34.2 Å². The second-order valence-corrected chi connectivity index (χ2v) is 25.0. The van der Waals surface area contributed by atoms with E-state index in [0.717, 1.165) is 33.2 Å². The number of aromatic amines is 2. The highest BCUT2D eigenvalue weighted by Gasteiger charge is 2.38. The molecular weight excluding hydrogens is 1180 g/mol. The van der Waals surface area contributed by atoms with Gasteiger partial charge in [-0.15, -0.1) is 0 Å². The van der Waals surface area contributed by atoms with E-state index in [-0.39, 0.29) is 86.6 Å². The predicted molar refractivity (Wildman–Crippen MR) is 344 cm³/mol. The summed E-state index contributed by atoms with van der Waals surface area (Å²) >= 11 is 0. The minimum absolute atomic E-state index is 0.00242. The number of hydrogen-bond donors (Lipinski definition) is 12. The fourth-order valence-corrected chi connectivity index (χ4v) is 11.5. The molecule has 8 rings (SSSR count). The molecule has 0 unspecified atom stereocenters. The lowest BCUT2D eigenvalue weighted by Crippen LogP contribution is -2.61. The lowest BCUT2D eigenvalue weighted by molar-refractivity contribution is -0.149. The standard InChI is InChI=1S/C68H84N12O12/c1-39(2)27-53(60-58(82)31-68(5,6)32-59(60)83)73-43-24-22-41(23-25-43)36-91-65(88)52(21-13-14-26-69)74-63(86)57(35-81)76-62(85)56(30-44-34-70-38-72-44)75-61(84)55(29-42-33-71-51-20-12-11-15-45(42)51)77-66(89)80-79-64(87)54(28-40(3)4)78-67(90)92-37-50-48-18-9-7-16-46(48)47-17-8-10-19-49(47)50/h7-12,15-20,22-25,33-34,38-40,50,52,54-57,71,73,81H,13-14,21,26-32,35-37,69H2,1-6H3,(H,70,72)(H,74,86)(H,75,84)(H,76,85)(H,78,90)(H,79,87)(H2,77,80,89)/t52-,54+,55+,56-,57+/m0/s1. The minimum atomic E-state index is -1.65. The van der Waals surface area contributed by atoms with E-state index in [0.29, 0.717) is 54.0 Å². The fourth-order valence-electron chi connectivity index (χ4n) is 11.5. The first-order valence-corrected chi connectivity index (χ1v) is 31.1. The number of benzene rings is 4. The van der Waals surface area contributed by atoms with Crippen molar-refractivity contribution in [3.63, 3.8) is 0 Å². The zero-order valence-corrected chi connectivity index (χ0v) is 52.7. The normalized spacial score (nSPS) is 15.0. The van der Waals surface area contributed by atoms with E-state index < -0.39 is 84.0 Å². The van der Waals surface area contributed by atoms with Crippen LogP contribution in [0.4, 0.5) is 15.3 Å². The Morgan fingerprint density at radius 1 is 0.674 bits per heavy atom. The number of H-pyrrole nitrogens is 2. The number of hydrogen-bond acceptors (Lipinski definition) is 15. The third-order valence-electron chi connectivity index (χ3n) is 16.0. The van der Waals surface area contributed by atoms with Gasteiger partial charge in [0.05, 0.1) is 24.2 Å². The van der Waals surface area contributed by atoms with Crippen molar-refractivity contribution in [1.29, 1.82) is 0 Å². The van der Waals surface area contributed by atoms with Gasteiger partial charge in [-0.25, -0.2) is 24.8 Å². The van der Waals surface area contributed by atoms with Gasteiger partial charge in [-0.05, 0) is 107 Å². The maximum absolute atomic E-state index is 14.6. The van der Waals surface area contributed by atoms with Gasteiger partial charge in [0.1, 0.15) is 43.4 Å². The smallest absolute Gasteiger partial charge is 0.407 e. The monoisotopic (exact) mass is 1260 g/mol. The number of imidazole rings is 1. The Bertz CT molecular complexity index is 3570. The summed E-state index contributed by atoms with van der Waals surface area (Å²) in [7, 11) is 0. The van der Waals surface area contributed by atoms with E-state index >= 15 is 0 Å². The van der Waals surface area contributed by atoms with Crippen LogP contribution in [0.1, 0.15) is 120 Å². The van der Waals surface area contributed by atoms with Crippen molar-refractivity contribution >= 4 is 69.9 Å². The number of nitrogens with one attached hydrogen (secondary N) is 10. The van der Waals surface area contributed by atoms with E-state index in [1.165, 1.54) is 12.5 Å². The molecule has 2 aliphatic carbocycles. The van der Waals surface area contributed by atoms with Crippen LogP contribution in [-0.2, 0) is 62.5 Å². The summed E-state index contributed by atoms with van der Waals surface area (Å²) in [5.74, 6) is -4.90. The van der Waals surface area contributed by atoms with Crippen LogP contribution in [0.2, 0.25) is 0 Å². The minimum Gasteiger partial charge on any atom is -0.459 e. The summed E-state index contributed by atoms with van der Waals surface area (Å²) in [6, 6.07) is 21.9. The number of aromatic nitrogens is 3. The zero-order chi connectivity index (χ0) is 66.1. The van der Waals surface area contributed by atoms with Gasteiger partial charge in [0.2, 0.25) is 17.7 Å². The molecule has 7 amide bonds. The lowest BCUT2D eigenvalue weighted by atomic mass is 9.73. The van der Waals surface area contributed by atoms with Crippen molar-refractivity contribution in [1.82, 2.24) is 52.4 Å². The Morgan fingerprint density at radius 3 is 1.92 bits per heavy atom. The molecule has 92 heavy (non-hydrogen) atoms. The Morgan fingerprint density at radius 2 is 1.29 bits per heavy atom. The van der Waals surface area contributed by atoms with E-state index in [1.54, 1.807) is 36.5 Å². The first kappa shape index (κ1) is 68.2. The molecule has 0 aliphatic heterocycles. The first-order chi connectivity index (χ1) is 44.1. The molecule has 6 aromatic rings. The van der Waals surface area contributed by atoms with E-state index in [2.05, 4.69) is 57.7 Å².